The van der Waals surface area contributed by atoms with Gasteiger partial charge in [-0.3, -0.25) is 4.79 Å². The maximum Gasteiger partial charge on any atom is 0.310 e. The van der Waals surface area contributed by atoms with Crippen molar-refractivity contribution in [2.24, 2.45) is 17.3 Å². The highest BCUT2D eigenvalue weighted by molar-refractivity contribution is 5.74. The van der Waals surface area contributed by atoms with E-state index in [1.54, 1.807) is 0 Å². The van der Waals surface area contributed by atoms with E-state index in [2.05, 4.69) is 19.2 Å². The molecule has 3 heteroatoms. The molecule has 1 rings (SSSR count). The van der Waals surface area contributed by atoms with E-state index in [0.29, 0.717) is 25.4 Å². The molecule has 1 aliphatic carbocycles. The quantitative estimate of drug-likeness (QED) is 0.741. The molecular formula is C16H31NO2. The summed E-state index contributed by atoms with van der Waals surface area (Å²) < 4.78 is 0. The molecule has 1 fully saturated rings. The zero-order valence-electron chi connectivity index (χ0n) is 13.0. The van der Waals surface area contributed by atoms with Crippen LogP contribution in [-0.4, -0.2) is 23.7 Å². The Labute approximate surface area is 118 Å². The van der Waals surface area contributed by atoms with Crippen molar-refractivity contribution in [3.05, 3.63) is 0 Å². The van der Waals surface area contributed by atoms with E-state index in [9.17, 15) is 9.90 Å². The molecule has 1 aliphatic rings. The maximum absolute atomic E-state index is 11.5. The highest BCUT2D eigenvalue weighted by atomic mass is 16.4. The van der Waals surface area contributed by atoms with Crippen LogP contribution in [0.2, 0.25) is 0 Å². The van der Waals surface area contributed by atoms with Crippen LogP contribution in [0.4, 0.5) is 0 Å². The minimum Gasteiger partial charge on any atom is -0.481 e. The van der Waals surface area contributed by atoms with Gasteiger partial charge in [-0.2, -0.15) is 0 Å². The molecule has 3 nitrogen and oxygen atoms in total. The molecule has 0 radical (unpaired) electrons. The first-order chi connectivity index (χ1) is 8.95. The van der Waals surface area contributed by atoms with Gasteiger partial charge in [0.1, 0.15) is 0 Å². The average molecular weight is 269 g/mol. The fourth-order valence-electron chi connectivity index (χ4n) is 3.21. The first kappa shape index (κ1) is 16.5. The Morgan fingerprint density at radius 2 is 1.74 bits per heavy atom. The maximum atomic E-state index is 11.5. The number of rotatable bonds is 7. The number of nitrogens with one attached hydrogen (secondary N) is 1. The highest BCUT2D eigenvalue weighted by Gasteiger charge is 2.35. The van der Waals surface area contributed by atoms with Gasteiger partial charge in [-0.1, -0.05) is 27.7 Å². The van der Waals surface area contributed by atoms with E-state index in [1.807, 2.05) is 13.8 Å². The van der Waals surface area contributed by atoms with E-state index < -0.39 is 11.4 Å². The molecule has 112 valence electrons. The Hall–Kier alpha value is -0.570. The van der Waals surface area contributed by atoms with Crippen molar-refractivity contribution in [1.29, 1.82) is 0 Å². The molecule has 0 atom stereocenters. The minimum absolute atomic E-state index is 0.520. The standard InChI is InChI=1S/C16H31NO2/c1-5-16(6-2,15(18)19)11-17-14-9-7-13(8-10-14)12(3)4/h12-14,17H,5-11H2,1-4H3,(H,18,19). The molecule has 0 unspecified atom stereocenters. The predicted molar refractivity (Wildman–Crippen MR) is 79.2 cm³/mol. The number of aliphatic carboxylic acids is 1. The van der Waals surface area contributed by atoms with Crippen molar-refractivity contribution in [2.45, 2.75) is 72.3 Å². The molecule has 1 saturated carbocycles. The van der Waals surface area contributed by atoms with Crippen LogP contribution < -0.4 is 5.32 Å². The summed E-state index contributed by atoms with van der Waals surface area (Å²) in [5.41, 5.74) is -0.575. The van der Waals surface area contributed by atoms with Gasteiger partial charge in [0.25, 0.3) is 0 Å². The number of carboxylic acid groups (broad SMARTS) is 1. The fourth-order valence-corrected chi connectivity index (χ4v) is 3.21. The second kappa shape index (κ2) is 7.28. The first-order valence-electron chi connectivity index (χ1n) is 7.92. The second-order valence-corrected chi connectivity index (χ2v) is 6.53. The lowest BCUT2D eigenvalue weighted by atomic mass is 9.78. The van der Waals surface area contributed by atoms with E-state index in [1.165, 1.54) is 25.7 Å². The molecule has 0 bridgehead atoms. The Kier molecular flexibility index (Phi) is 6.31. The van der Waals surface area contributed by atoms with Crippen LogP contribution in [0.1, 0.15) is 66.2 Å². The van der Waals surface area contributed by atoms with Gasteiger partial charge in [0.2, 0.25) is 0 Å². The lowest BCUT2D eigenvalue weighted by Crippen LogP contribution is -2.45. The summed E-state index contributed by atoms with van der Waals surface area (Å²) in [6, 6.07) is 0.520. The van der Waals surface area contributed by atoms with Gasteiger partial charge in [0.15, 0.2) is 0 Å². The largest absolute Gasteiger partial charge is 0.481 e. The van der Waals surface area contributed by atoms with Gasteiger partial charge >= 0.3 is 5.97 Å². The molecule has 0 aromatic carbocycles. The molecule has 0 aromatic rings. The van der Waals surface area contributed by atoms with Crippen molar-refractivity contribution < 1.29 is 9.90 Å². The van der Waals surface area contributed by atoms with Gasteiger partial charge in [-0.15, -0.1) is 0 Å². The normalized spacial score (nSPS) is 24.7. The van der Waals surface area contributed by atoms with Gasteiger partial charge in [0, 0.05) is 12.6 Å². The second-order valence-electron chi connectivity index (χ2n) is 6.53. The Morgan fingerprint density at radius 1 is 1.21 bits per heavy atom. The van der Waals surface area contributed by atoms with Crippen LogP contribution in [0.25, 0.3) is 0 Å². The highest BCUT2D eigenvalue weighted by Crippen LogP contribution is 2.31. The van der Waals surface area contributed by atoms with Crippen molar-refractivity contribution in [3.63, 3.8) is 0 Å². The Morgan fingerprint density at radius 3 is 2.11 bits per heavy atom. The molecule has 0 aromatic heterocycles. The molecule has 0 amide bonds. The molecule has 19 heavy (non-hydrogen) atoms. The summed E-state index contributed by atoms with van der Waals surface area (Å²) in [5.74, 6) is 0.992. The van der Waals surface area contributed by atoms with Gasteiger partial charge in [-0.25, -0.2) is 0 Å². The summed E-state index contributed by atoms with van der Waals surface area (Å²) in [6.45, 7) is 9.19. The van der Waals surface area contributed by atoms with Gasteiger partial charge in [0.05, 0.1) is 5.41 Å². The monoisotopic (exact) mass is 269 g/mol. The van der Waals surface area contributed by atoms with E-state index in [0.717, 1.165) is 11.8 Å². The summed E-state index contributed by atoms with van der Waals surface area (Å²) >= 11 is 0. The Balaban J connectivity index is 2.43. The number of carboxylic acids is 1. The third kappa shape index (κ3) is 4.20. The smallest absolute Gasteiger partial charge is 0.310 e. The van der Waals surface area contributed by atoms with Crippen LogP contribution in [0.15, 0.2) is 0 Å². The first-order valence-corrected chi connectivity index (χ1v) is 7.92. The van der Waals surface area contributed by atoms with Crippen LogP contribution in [-0.2, 0) is 4.79 Å². The summed E-state index contributed by atoms with van der Waals surface area (Å²) in [6.07, 6.45) is 6.37. The SMILES string of the molecule is CCC(CC)(CNC1CCC(C(C)C)CC1)C(=O)O. The van der Waals surface area contributed by atoms with Crippen molar-refractivity contribution >= 4 is 5.97 Å². The topological polar surface area (TPSA) is 49.3 Å². The molecular weight excluding hydrogens is 238 g/mol. The number of carbonyl (C=O) groups is 1. The van der Waals surface area contributed by atoms with Crippen LogP contribution >= 0.6 is 0 Å². The van der Waals surface area contributed by atoms with E-state index >= 15 is 0 Å². The van der Waals surface area contributed by atoms with Crippen molar-refractivity contribution in [2.75, 3.05) is 6.54 Å². The molecule has 0 aliphatic heterocycles. The lowest BCUT2D eigenvalue weighted by Gasteiger charge is -2.34. The lowest BCUT2D eigenvalue weighted by molar-refractivity contribution is -0.149. The van der Waals surface area contributed by atoms with Crippen LogP contribution in [0.5, 0.6) is 0 Å². The third-order valence-electron chi connectivity index (χ3n) is 5.25. The fraction of sp³-hybridized carbons (Fsp3) is 0.938. The molecule has 0 heterocycles. The van der Waals surface area contributed by atoms with E-state index in [-0.39, 0.29) is 0 Å². The van der Waals surface area contributed by atoms with Gasteiger partial charge in [-0.05, 0) is 50.4 Å². The summed E-state index contributed by atoms with van der Waals surface area (Å²) in [7, 11) is 0. The zero-order valence-corrected chi connectivity index (χ0v) is 13.0. The summed E-state index contributed by atoms with van der Waals surface area (Å²) in [5, 5.41) is 13.0. The van der Waals surface area contributed by atoms with Crippen LogP contribution in [0, 0.1) is 17.3 Å². The molecule has 0 saturated heterocycles. The molecule has 0 spiro atoms. The predicted octanol–water partition coefficient (Wildman–Crippen LogP) is 3.68. The van der Waals surface area contributed by atoms with Gasteiger partial charge < -0.3 is 10.4 Å². The number of hydrogen-bond donors (Lipinski definition) is 2. The van der Waals surface area contributed by atoms with Crippen molar-refractivity contribution in [3.8, 4) is 0 Å². The minimum atomic E-state index is -0.652. The number of hydrogen-bond acceptors (Lipinski definition) is 2. The Bertz CT molecular complexity index is 276. The molecule has 2 N–H and O–H groups in total. The average Bonchev–Trinajstić information content (AvgIpc) is 2.40. The van der Waals surface area contributed by atoms with Crippen LogP contribution in [0.3, 0.4) is 0 Å². The van der Waals surface area contributed by atoms with Crippen molar-refractivity contribution in [1.82, 2.24) is 5.32 Å². The third-order valence-corrected chi connectivity index (χ3v) is 5.25. The zero-order chi connectivity index (χ0) is 14.5. The summed E-state index contributed by atoms with van der Waals surface area (Å²) in [4.78, 5) is 11.5. The van der Waals surface area contributed by atoms with E-state index in [4.69, 9.17) is 0 Å².